The molecule has 1 unspecified atom stereocenters. The number of nitrogens with zero attached hydrogens (tertiary/aromatic N) is 2. The molecular formula is C26H25Cl2N3O. The molecule has 0 fully saturated rings. The summed E-state index contributed by atoms with van der Waals surface area (Å²) in [5.74, 6) is 0.538. The van der Waals surface area contributed by atoms with Crippen LogP contribution in [0.3, 0.4) is 0 Å². The molecule has 4 rings (SSSR count). The quantitative estimate of drug-likeness (QED) is 0.338. The van der Waals surface area contributed by atoms with Crippen LogP contribution in [0.5, 0.6) is 0 Å². The molecule has 0 bridgehead atoms. The lowest BCUT2D eigenvalue weighted by molar-refractivity contribution is -0.118. The lowest BCUT2D eigenvalue weighted by atomic mass is 9.86. The predicted molar refractivity (Wildman–Crippen MR) is 134 cm³/mol. The third kappa shape index (κ3) is 4.38. The van der Waals surface area contributed by atoms with Gasteiger partial charge in [-0.05, 0) is 48.2 Å². The van der Waals surface area contributed by atoms with Gasteiger partial charge in [-0.3, -0.25) is 4.79 Å². The van der Waals surface area contributed by atoms with Crippen molar-refractivity contribution in [2.75, 3.05) is 5.32 Å². The van der Waals surface area contributed by atoms with E-state index in [0.717, 1.165) is 22.4 Å². The van der Waals surface area contributed by atoms with E-state index in [0.29, 0.717) is 15.7 Å². The Labute approximate surface area is 198 Å². The minimum Gasteiger partial charge on any atom is -0.323 e. The summed E-state index contributed by atoms with van der Waals surface area (Å²) in [4.78, 5) is 18.1. The number of hydrogen-bond acceptors (Lipinski definition) is 2. The Morgan fingerprint density at radius 1 is 1.00 bits per heavy atom. The van der Waals surface area contributed by atoms with Gasteiger partial charge in [-0.1, -0.05) is 80.4 Å². The minimum absolute atomic E-state index is 0.0576. The third-order valence-corrected chi connectivity index (χ3v) is 6.12. The predicted octanol–water partition coefficient (Wildman–Crippen LogP) is 7.51. The molecule has 0 saturated carbocycles. The molecule has 0 radical (unpaired) electrons. The van der Waals surface area contributed by atoms with Gasteiger partial charge in [0.1, 0.15) is 11.9 Å². The molecule has 1 aromatic heterocycles. The van der Waals surface area contributed by atoms with Crippen LogP contribution < -0.4 is 5.32 Å². The van der Waals surface area contributed by atoms with E-state index >= 15 is 0 Å². The van der Waals surface area contributed by atoms with Crippen molar-refractivity contribution in [2.45, 2.75) is 39.2 Å². The highest BCUT2D eigenvalue weighted by Gasteiger charge is 2.23. The number of benzene rings is 3. The number of carbonyl (C=O) groups is 1. The first-order valence-electron chi connectivity index (χ1n) is 10.5. The molecule has 1 N–H and O–H groups in total. The highest BCUT2D eigenvalue weighted by Crippen LogP contribution is 2.32. The third-order valence-electron chi connectivity index (χ3n) is 5.56. The maximum atomic E-state index is 13.2. The summed E-state index contributed by atoms with van der Waals surface area (Å²) in [6.07, 6.45) is 0. The Bertz CT molecular complexity index is 1290. The van der Waals surface area contributed by atoms with Crippen LogP contribution in [-0.4, -0.2) is 15.5 Å². The Balaban J connectivity index is 1.76. The number of amides is 1. The second-order valence-corrected chi connectivity index (χ2v) is 9.75. The van der Waals surface area contributed by atoms with E-state index in [-0.39, 0.29) is 11.3 Å². The van der Waals surface area contributed by atoms with Crippen molar-refractivity contribution in [2.24, 2.45) is 0 Å². The van der Waals surface area contributed by atoms with Crippen LogP contribution in [0.2, 0.25) is 10.0 Å². The zero-order valence-corrected chi connectivity index (χ0v) is 20.0. The van der Waals surface area contributed by atoms with Gasteiger partial charge in [0.25, 0.3) is 0 Å². The largest absolute Gasteiger partial charge is 0.323 e. The summed E-state index contributed by atoms with van der Waals surface area (Å²) in [6, 6.07) is 20.7. The summed E-state index contributed by atoms with van der Waals surface area (Å²) in [6.45, 7) is 8.41. The number of aromatic nitrogens is 2. The molecule has 0 saturated heterocycles. The molecule has 1 atom stereocenters. The van der Waals surface area contributed by atoms with E-state index in [2.05, 4.69) is 50.4 Å². The van der Waals surface area contributed by atoms with Crippen LogP contribution in [0, 0.1) is 0 Å². The molecule has 0 aliphatic carbocycles. The standard InChI is InChI=1S/C26H25Cl2N3O/c1-16(25(32)30-22-15-19(27)13-14-20(22)28)31-23-8-6-5-7-21(23)29-24(31)17-9-11-18(12-10-17)26(2,3)4/h5-16H,1-4H3,(H,30,32). The van der Waals surface area contributed by atoms with Crippen molar-refractivity contribution < 1.29 is 4.79 Å². The lowest BCUT2D eigenvalue weighted by Gasteiger charge is -2.20. The van der Waals surface area contributed by atoms with Gasteiger partial charge in [-0.25, -0.2) is 4.98 Å². The van der Waals surface area contributed by atoms with Crippen molar-refractivity contribution in [3.8, 4) is 11.4 Å². The van der Waals surface area contributed by atoms with Gasteiger partial charge in [-0.2, -0.15) is 0 Å². The second kappa shape index (κ2) is 8.61. The molecule has 164 valence electrons. The van der Waals surface area contributed by atoms with E-state index in [4.69, 9.17) is 28.2 Å². The van der Waals surface area contributed by atoms with Gasteiger partial charge in [0.05, 0.1) is 21.7 Å². The van der Waals surface area contributed by atoms with Crippen LogP contribution in [0.15, 0.2) is 66.7 Å². The average molecular weight is 466 g/mol. The topological polar surface area (TPSA) is 46.9 Å². The highest BCUT2D eigenvalue weighted by atomic mass is 35.5. The summed E-state index contributed by atoms with van der Waals surface area (Å²) in [5, 5.41) is 3.85. The normalized spacial score (nSPS) is 12.7. The molecule has 0 spiro atoms. The molecular weight excluding hydrogens is 441 g/mol. The Kier molecular flexibility index (Phi) is 6.02. The molecule has 4 aromatic rings. The minimum atomic E-state index is -0.533. The van der Waals surface area contributed by atoms with Crippen LogP contribution in [0.4, 0.5) is 5.69 Å². The maximum absolute atomic E-state index is 13.2. The monoisotopic (exact) mass is 465 g/mol. The number of rotatable bonds is 4. The van der Waals surface area contributed by atoms with Crippen molar-refractivity contribution in [3.05, 3.63) is 82.3 Å². The first-order valence-corrected chi connectivity index (χ1v) is 11.2. The SMILES string of the molecule is CC(C(=O)Nc1cc(Cl)ccc1Cl)n1c(-c2ccc(C(C)(C)C)cc2)nc2ccccc21. The number of carbonyl (C=O) groups excluding carboxylic acids is 1. The van der Waals surface area contributed by atoms with Crippen LogP contribution in [0.25, 0.3) is 22.4 Å². The fourth-order valence-corrected chi connectivity index (χ4v) is 4.04. The zero-order chi connectivity index (χ0) is 23.0. The first-order chi connectivity index (χ1) is 15.1. The summed E-state index contributed by atoms with van der Waals surface area (Å²) < 4.78 is 1.97. The number of halogens is 2. The summed E-state index contributed by atoms with van der Waals surface area (Å²) in [7, 11) is 0. The molecule has 1 heterocycles. The number of fused-ring (bicyclic) bond motifs is 1. The molecule has 0 aliphatic rings. The van der Waals surface area contributed by atoms with Crippen LogP contribution >= 0.6 is 23.2 Å². The van der Waals surface area contributed by atoms with E-state index in [9.17, 15) is 4.79 Å². The van der Waals surface area contributed by atoms with Gasteiger partial charge in [0, 0.05) is 10.6 Å². The van der Waals surface area contributed by atoms with Crippen LogP contribution in [0.1, 0.15) is 39.3 Å². The van der Waals surface area contributed by atoms with Gasteiger partial charge in [-0.15, -0.1) is 0 Å². The Hall–Kier alpha value is -2.82. The fourth-order valence-electron chi connectivity index (χ4n) is 3.71. The number of hydrogen-bond donors (Lipinski definition) is 1. The van der Waals surface area contributed by atoms with Crippen molar-refractivity contribution >= 4 is 45.8 Å². The molecule has 1 amide bonds. The Morgan fingerprint density at radius 2 is 1.69 bits per heavy atom. The van der Waals surface area contributed by atoms with Crippen LogP contribution in [-0.2, 0) is 10.2 Å². The first kappa shape index (κ1) is 22.4. The fraction of sp³-hybridized carbons (Fsp3) is 0.231. The molecule has 32 heavy (non-hydrogen) atoms. The van der Waals surface area contributed by atoms with Crippen molar-refractivity contribution in [1.29, 1.82) is 0 Å². The van der Waals surface area contributed by atoms with E-state index < -0.39 is 6.04 Å². The van der Waals surface area contributed by atoms with E-state index in [1.807, 2.05) is 35.8 Å². The smallest absolute Gasteiger partial charge is 0.247 e. The van der Waals surface area contributed by atoms with Gasteiger partial charge in [0.2, 0.25) is 5.91 Å². The molecule has 6 heteroatoms. The number of imidazole rings is 1. The average Bonchev–Trinajstić information content (AvgIpc) is 3.14. The second-order valence-electron chi connectivity index (χ2n) is 8.91. The molecule has 3 aromatic carbocycles. The van der Waals surface area contributed by atoms with E-state index in [1.54, 1.807) is 18.2 Å². The van der Waals surface area contributed by atoms with Gasteiger partial charge >= 0.3 is 0 Å². The number of nitrogens with one attached hydrogen (secondary N) is 1. The van der Waals surface area contributed by atoms with E-state index in [1.165, 1.54) is 5.56 Å². The van der Waals surface area contributed by atoms with Crippen molar-refractivity contribution in [3.63, 3.8) is 0 Å². The number of para-hydroxylation sites is 2. The molecule has 0 aliphatic heterocycles. The van der Waals surface area contributed by atoms with Crippen molar-refractivity contribution in [1.82, 2.24) is 9.55 Å². The van der Waals surface area contributed by atoms with Gasteiger partial charge < -0.3 is 9.88 Å². The summed E-state index contributed by atoms with van der Waals surface area (Å²) >= 11 is 12.3. The summed E-state index contributed by atoms with van der Waals surface area (Å²) in [5.41, 5.74) is 4.46. The molecule has 4 nitrogen and oxygen atoms in total. The number of anilines is 1. The zero-order valence-electron chi connectivity index (χ0n) is 18.5. The lowest BCUT2D eigenvalue weighted by Crippen LogP contribution is -2.24. The van der Waals surface area contributed by atoms with Gasteiger partial charge in [0.15, 0.2) is 0 Å². The maximum Gasteiger partial charge on any atom is 0.247 e. The highest BCUT2D eigenvalue weighted by molar-refractivity contribution is 6.35. The Morgan fingerprint density at radius 3 is 2.38 bits per heavy atom.